The standard InChI is InChI=1S/C20H30N6O/c1-3-26-15-23-24-19(26)12-22-20(27)21-11-17-6-8-18(9-7-17)14-25-10-4-5-16(2)13-25/h6-9,15-16H,3-5,10-14H2,1-2H3,(H2,21,22,27). The van der Waals surface area contributed by atoms with E-state index < -0.39 is 0 Å². The first-order valence-corrected chi connectivity index (χ1v) is 9.82. The Morgan fingerprint density at radius 3 is 2.67 bits per heavy atom. The number of aromatic nitrogens is 3. The number of aryl methyl sites for hydroxylation is 1. The summed E-state index contributed by atoms with van der Waals surface area (Å²) in [6.45, 7) is 9.40. The fourth-order valence-corrected chi connectivity index (χ4v) is 3.54. The predicted octanol–water partition coefficient (Wildman–Crippen LogP) is 2.53. The molecule has 2 amide bonds. The van der Waals surface area contributed by atoms with Crippen molar-refractivity contribution in [1.29, 1.82) is 0 Å². The molecule has 7 nitrogen and oxygen atoms in total. The number of nitrogens with zero attached hydrogens (tertiary/aromatic N) is 4. The van der Waals surface area contributed by atoms with Crippen LogP contribution in [0.3, 0.4) is 0 Å². The molecule has 27 heavy (non-hydrogen) atoms. The van der Waals surface area contributed by atoms with Gasteiger partial charge in [0.1, 0.15) is 6.33 Å². The van der Waals surface area contributed by atoms with Gasteiger partial charge in [0, 0.05) is 26.2 Å². The number of amides is 2. The lowest BCUT2D eigenvalue weighted by Crippen LogP contribution is -2.35. The van der Waals surface area contributed by atoms with Crippen molar-refractivity contribution in [2.24, 2.45) is 5.92 Å². The Kier molecular flexibility index (Phi) is 6.81. The fourth-order valence-electron chi connectivity index (χ4n) is 3.54. The molecule has 1 fully saturated rings. The van der Waals surface area contributed by atoms with Crippen LogP contribution >= 0.6 is 0 Å². The Labute approximate surface area is 161 Å². The summed E-state index contributed by atoms with van der Waals surface area (Å²) in [7, 11) is 0. The third-order valence-corrected chi connectivity index (χ3v) is 5.07. The molecule has 1 saturated heterocycles. The van der Waals surface area contributed by atoms with E-state index in [0.717, 1.165) is 30.4 Å². The average Bonchev–Trinajstić information content (AvgIpc) is 3.13. The van der Waals surface area contributed by atoms with Gasteiger partial charge in [-0.2, -0.15) is 0 Å². The number of piperidine rings is 1. The van der Waals surface area contributed by atoms with Crippen LogP contribution in [0.1, 0.15) is 43.6 Å². The van der Waals surface area contributed by atoms with Crippen molar-refractivity contribution in [2.75, 3.05) is 13.1 Å². The second-order valence-corrected chi connectivity index (χ2v) is 7.37. The molecule has 0 saturated carbocycles. The second kappa shape index (κ2) is 9.50. The number of hydrogen-bond acceptors (Lipinski definition) is 4. The van der Waals surface area contributed by atoms with E-state index in [-0.39, 0.29) is 6.03 Å². The highest BCUT2D eigenvalue weighted by molar-refractivity contribution is 5.73. The molecule has 1 atom stereocenters. The Morgan fingerprint density at radius 1 is 1.19 bits per heavy atom. The molecule has 1 aromatic heterocycles. The van der Waals surface area contributed by atoms with Crippen molar-refractivity contribution in [1.82, 2.24) is 30.3 Å². The van der Waals surface area contributed by atoms with Crippen LogP contribution in [0.2, 0.25) is 0 Å². The summed E-state index contributed by atoms with van der Waals surface area (Å²) in [5, 5.41) is 13.6. The number of likely N-dealkylation sites (tertiary alicyclic amines) is 1. The summed E-state index contributed by atoms with van der Waals surface area (Å²) < 4.78 is 1.90. The number of carbonyl (C=O) groups is 1. The number of urea groups is 1. The highest BCUT2D eigenvalue weighted by atomic mass is 16.2. The van der Waals surface area contributed by atoms with E-state index in [2.05, 4.69) is 56.9 Å². The highest BCUT2D eigenvalue weighted by Crippen LogP contribution is 2.18. The highest BCUT2D eigenvalue weighted by Gasteiger charge is 2.16. The van der Waals surface area contributed by atoms with Crippen LogP contribution in [0.4, 0.5) is 4.79 Å². The molecule has 7 heteroatoms. The van der Waals surface area contributed by atoms with Crippen molar-refractivity contribution >= 4 is 6.03 Å². The van der Waals surface area contributed by atoms with Crippen molar-refractivity contribution < 1.29 is 4.79 Å². The minimum Gasteiger partial charge on any atom is -0.334 e. The lowest BCUT2D eigenvalue weighted by atomic mass is 9.99. The van der Waals surface area contributed by atoms with Gasteiger partial charge < -0.3 is 15.2 Å². The van der Waals surface area contributed by atoms with Gasteiger partial charge in [-0.15, -0.1) is 10.2 Å². The van der Waals surface area contributed by atoms with Gasteiger partial charge in [-0.25, -0.2) is 4.79 Å². The Bertz CT molecular complexity index is 726. The average molecular weight is 371 g/mol. The normalized spacial score (nSPS) is 17.6. The van der Waals surface area contributed by atoms with Crippen LogP contribution < -0.4 is 10.6 Å². The molecule has 2 N–H and O–H groups in total. The fraction of sp³-hybridized carbons (Fsp3) is 0.550. The third kappa shape index (κ3) is 5.79. The molecular weight excluding hydrogens is 340 g/mol. The molecule has 1 aliphatic rings. The number of hydrogen-bond donors (Lipinski definition) is 2. The quantitative estimate of drug-likeness (QED) is 0.785. The monoisotopic (exact) mass is 370 g/mol. The molecule has 0 spiro atoms. The van der Waals surface area contributed by atoms with Crippen LogP contribution in [0.25, 0.3) is 0 Å². The molecule has 0 bridgehead atoms. The largest absolute Gasteiger partial charge is 0.334 e. The van der Waals surface area contributed by atoms with Gasteiger partial charge in [-0.1, -0.05) is 31.2 Å². The molecule has 0 aliphatic carbocycles. The number of rotatable bonds is 7. The zero-order valence-electron chi connectivity index (χ0n) is 16.3. The van der Waals surface area contributed by atoms with Crippen LogP contribution in [0.15, 0.2) is 30.6 Å². The minimum atomic E-state index is -0.202. The maximum Gasteiger partial charge on any atom is 0.315 e. The van der Waals surface area contributed by atoms with Gasteiger partial charge in [0.15, 0.2) is 5.82 Å². The minimum absolute atomic E-state index is 0.202. The maximum absolute atomic E-state index is 12.0. The number of carbonyl (C=O) groups excluding carboxylic acids is 1. The van der Waals surface area contributed by atoms with E-state index in [4.69, 9.17) is 0 Å². The van der Waals surface area contributed by atoms with E-state index in [1.165, 1.54) is 31.5 Å². The van der Waals surface area contributed by atoms with E-state index in [1.54, 1.807) is 6.33 Å². The molecule has 1 unspecified atom stereocenters. The van der Waals surface area contributed by atoms with E-state index in [1.807, 2.05) is 11.5 Å². The lowest BCUT2D eigenvalue weighted by molar-refractivity contribution is 0.176. The molecule has 1 aromatic carbocycles. The van der Waals surface area contributed by atoms with E-state index >= 15 is 0 Å². The van der Waals surface area contributed by atoms with E-state index in [9.17, 15) is 4.79 Å². The molecular formula is C20H30N6O. The van der Waals surface area contributed by atoms with Crippen molar-refractivity contribution in [2.45, 2.75) is 52.9 Å². The first kappa shape index (κ1) is 19.4. The van der Waals surface area contributed by atoms with Gasteiger partial charge in [-0.05, 0) is 43.4 Å². The topological polar surface area (TPSA) is 75.1 Å². The van der Waals surface area contributed by atoms with Crippen LogP contribution in [0, 0.1) is 5.92 Å². The zero-order valence-corrected chi connectivity index (χ0v) is 16.3. The summed E-state index contributed by atoms with van der Waals surface area (Å²) in [6.07, 6.45) is 4.31. The van der Waals surface area contributed by atoms with Gasteiger partial charge in [0.2, 0.25) is 0 Å². The van der Waals surface area contributed by atoms with Crippen LogP contribution in [-0.4, -0.2) is 38.8 Å². The van der Waals surface area contributed by atoms with Crippen LogP contribution in [-0.2, 0) is 26.2 Å². The number of benzene rings is 1. The van der Waals surface area contributed by atoms with Gasteiger partial charge >= 0.3 is 6.03 Å². The van der Waals surface area contributed by atoms with Crippen LogP contribution in [0.5, 0.6) is 0 Å². The summed E-state index contributed by atoms with van der Waals surface area (Å²) in [4.78, 5) is 14.5. The lowest BCUT2D eigenvalue weighted by Gasteiger charge is -2.30. The van der Waals surface area contributed by atoms with Gasteiger partial charge in [-0.3, -0.25) is 4.90 Å². The summed E-state index contributed by atoms with van der Waals surface area (Å²) in [5.41, 5.74) is 2.42. The molecule has 3 rings (SSSR count). The summed E-state index contributed by atoms with van der Waals surface area (Å²) in [6, 6.07) is 8.32. The van der Waals surface area contributed by atoms with E-state index in [0.29, 0.717) is 13.1 Å². The SMILES string of the molecule is CCn1cnnc1CNC(=O)NCc1ccc(CN2CCCC(C)C2)cc1. The maximum atomic E-state index is 12.0. The third-order valence-electron chi connectivity index (χ3n) is 5.07. The van der Waals surface area contributed by atoms with Gasteiger partial charge in [0.25, 0.3) is 0 Å². The molecule has 146 valence electrons. The molecule has 1 aliphatic heterocycles. The smallest absolute Gasteiger partial charge is 0.315 e. The van der Waals surface area contributed by atoms with Crippen molar-refractivity contribution in [3.8, 4) is 0 Å². The predicted molar refractivity (Wildman–Crippen MR) is 105 cm³/mol. The van der Waals surface area contributed by atoms with Crippen molar-refractivity contribution in [3.63, 3.8) is 0 Å². The Hall–Kier alpha value is -2.41. The second-order valence-electron chi connectivity index (χ2n) is 7.37. The molecule has 0 radical (unpaired) electrons. The number of nitrogens with one attached hydrogen (secondary N) is 2. The molecule has 2 aromatic rings. The molecule has 2 heterocycles. The Morgan fingerprint density at radius 2 is 1.93 bits per heavy atom. The zero-order chi connectivity index (χ0) is 19.1. The summed E-state index contributed by atoms with van der Waals surface area (Å²) in [5.74, 6) is 1.55. The summed E-state index contributed by atoms with van der Waals surface area (Å²) >= 11 is 0. The Balaban J connectivity index is 1.41. The first-order chi connectivity index (χ1) is 13.1. The van der Waals surface area contributed by atoms with Gasteiger partial charge in [0.05, 0.1) is 6.54 Å². The van der Waals surface area contributed by atoms with Crippen molar-refractivity contribution in [3.05, 3.63) is 47.5 Å². The first-order valence-electron chi connectivity index (χ1n) is 9.82.